The second-order valence-electron chi connectivity index (χ2n) is 5.44. The van der Waals surface area contributed by atoms with E-state index in [2.05, 4.69) is 63.0 Å². The number of aryl methyl sites for hydroxylation is 1. The molecule has 1 rings (SSSR count). The molecule has 0 aliphatic heterocycles. The number of likely N-dealkylation sites (N-methyl/N-ethyl adjacent to an activating group) is 1. The molecular formula is C15H31N7. The Kier molecular flexibility index (Phi) is 8.50. The molecule has 7 nitrogen and oxygen atoms in total. The molecule has 1 aromatic heterocycles. The molecule has 0 radical (unpaired) electrons. The van der Waals surface area contributed by atoms with E-state index in [0.717, 1.165) is 50.9 Å². The van der Waals surface area contributed by atoms with Crippen LogP contribution >= 0.6 is 0 Å². The van der Waals surface area contributed by atoms with Crippen LogP contribution < -0.4 is 10.6 Å². The minimum Gasteiger partial charge on any atom is -0.355 e. The van der Waals surface area contributed by atoms with E-state index in [4.69, 9.17) is 0 Å². The Balaban J connectivity index is 2.28. The van der Waals surface area contributed by atoms with Gasteiger partial charge in [-0.2, -0.15) is 0 Å². The SMILES string of the molecule is CCc1nncn1CCNC(=NC)NCCN(CC)C(C)C. The first-order valence-corrected chi connectivity index (χ1v) is 8.17. The Morgan fingerprint density at radius 1 is 1.32 bits per heavy atom. The number of aliphatic imine (C=N–C) groups is 1. The van der Waals surface area contributed by atoms with Crippen molar-refractivity contribution in [2.75, 3.05) is 33.2 Å². The Labute approximate surface area is 134 Å². The summed E-state index contributed by atoms with van der Waals surface area (Å²) in [6.45, 7) is 13.3. The zero-order chi connectivity index (χ0) is 16.4. The van der Waals surface area contributed by atoms with Crippen LogP contribution in [0.15, 0.2) is 11.3 Å². The smallest absolute Gasteiger partial charge is 0.191 e. The van der Waals surface area contributed by atoms with E-state index in [9.17, 15) is 0 Å². The summed E-state index contributed by atoms with van der Waals surface area (Å²) >= 11 is 0. The summed E-state index contributed by atoms with van der Waals surface area (Å²) in [6, 6.07) is 0.572. The first-order valence-electron chi connectivity index (χ1n) is 8.17. The molecular weight excluding hydrogens is 278 g/mol. The van der Waals surface area contributed by atoms with Crippen LogP contribution in [0.25, 0.3) is 0 Å². The minimum atomic E-state index is 0.572. The predicted molar refractivity (Wildman–Crippen MR) is 91.1 cm³/mol. The van der Waals surface area contributed by atoms with Crippen LogP contribution in [0.4, 0.5) is 0 Å². The molecule has 0 aliphatic rings. The number of nitrogens with zero attached hydrogens (tertiary/aromatic N) is 5. The third-order valence-corrected chi connectivity index (χ3v) is 3.71. The minimum absolute atomic E-state index is 0.572. The van der Waals surface area contributed by atoms with Crippen molar-refractivity contribution in [3.05, 3.63) is 12.2 Å². The summed E-state index contributed by atoms with van der Waals surface area (Å²) in [7, 11) is 1.80. The molecule has 1 heterocycles. The van der Waals surface area contributed by atoms with E-state index in [1.807, 2.05) is 0 Å². The van der Waals surface area contributed by atoms with Gasteiger partial charge in [0.05, 0.1) is 0 Å². The van der Waals surface area contributed by atoms with E-state index in [1.165, 1.54) is 0 Å². The fourth-order valence-corrected chi connectivity index (χ4v) is 2.35. The molecule has 126 valence electrons. The molecule has 0 saturated heterocycles. The fourth-order valence-electron chi connectivity index (χ4n) is 2.35. The van der Waals surface area contributed by atoms with Crippen molar-refractivity contribution in [3.8, 4) is 0 Å². The molecule has 0 aliphatic carbocycles. The maximum atomic E-state index is 4.25. The predicted octanol–water partition coefficient (Wildman–Crippen LogP) is 0.736. The highest BCUT2D eigenvalue weighted by Gasteiger charge is 2.06. The van der Waals surface area contributed by atoms with Crippen LogP contribution in [-0.4, -0.2) is 64.9 Å². The Hall–Kier alpha value is -1.63. The van der Waals surface area contributed by atoms with Crippen LogP contribution in [0.1, 0.15) is 33.5 Å². The molecule has 1 aromatic rings. The van der Waals surface area contributed by atoms with Crippen LogP contribution in [0.2, 0.25) is 0 Å². The lowest BCUT2D eigenvalue weighted by Crippen LogP contribution is -2.43. The highest BCUT2D eigenvalue weighted by atomic mass is 15.3. The second kappa shape index (κ2) is 10.2. The van der Waals surface area contributed by atoms with Crippen LogP contribution in [-0.2, 0) is 13.0 Å². The summed E-state index contributed by atoms with van der Waals surface area (Å²) in [6.07, 6.45) is 2.67. The third kappa shape index (κ3) is 6.01. The van der Waals surface area contributed by atoms with Gasteiger partial charge in [-0.15, -0.1) is 10.2 Å². The lowest BCUT2D eigenvalue weighted by Gasteiger charge is -2.25. The van der Waals surface area contributed by atoms with Gasteiger partial charge in [-0.25, -0.2) is 0 Å². The van der Waals surface area contributed by atoms with E-state index in [-0.39, 0.29) is 0 Å². The van der Waals surface area contributed by atoms with Crippen LogP contribution in [0.3, 0.4) is 0 Å². The molecule has 0 aromatic carbocycles. The normalized spacial score (nSPS) is 12.2. The third-order valence-electron chi connectivity index (χ3n) is 3.71. The molecule has 7 heteroatoms. The van der Waals surface area contributed by atoms with Gasteiger partial charge in [0.2, 0.25) is 0 Å². The van der Waals surface area contributed by atoms with Gasteiger partial charge in [0, 0.05) is 45.7 Å². The van der Waals surface area contributed by atoms with Crippen molar-refractivity contribution in [1.82, 2.24) is 30.3 Å². The van der Waals surface area contributed by atoms with Gasteiger partial charge < -0.3 is 15.2 Å². The van der Waals surface area contributed by atoms with Gasteiger partial charge in [-0.05, 0) is 20.4 Å². The number of aromatic nitrogens is 3. The largest absolute Gasteiger partial charge is 0.355 e. The summed E-state index contributed by atoms with van der Waals surface area (Å²) in [5.74, 6) is 1.85. The average Bonchev–Trinajstić information content (AvgIpc) is 2.96. The fraction of sp³-hybridized carbons (Fsp3) is 0.800. The molecule has 0 fully saturated rings. The highest BCUT2D eigenvalue weighted by molar-refractivity contribution is 5.79. The van der Waals surface area contributed by atoms with Gasteiger partial charge in [0.1, 0.15) is 12.2 Å². The molecule has 0 amide bonds. The monoisotopic (exact) mass is 309 g/mol. The summed E-state index contributed by atoms with van der Waals surface area (Å²) in [4.78, 5) is 6.67. The van der Waals surface area contributed by atoms with E-state index >= 15 is 0 Å². The van der Waals surface area contributed by atoms with Crippen molar-refractivity contribution in [2.45, 2.75) is 46.7 Å². The van der Waals surface area contributed by atoms with Crippen molar-refractivity contribution in [1.29, 1.82) is 0 Å². The number of guanidine groups is 1. The Bertz CT molecular complexity index is 439. The molecule has 0 saturated carbocycles. The summed E-state index contributed by atoms with van der Waals surface area (Å²) in [5, 5.41) is 14.7. The van der Waals surface area contributed by atoms with E-state index in [1.54, 1.807) is 13.4 Å². The maximum Gasteiger partial charge on any atom is 0.191 e. The van der Waals surface area contributed by atoms with Gasteiger partial charge in [-0.1, -0.05) is 13.8 Å². The Morgan fingerprint density at radius 2 is 2.05 bits per heavy atom. The van der Waals surface area contributed by atoms with E-state index in [0.29, 0.717) is 6.04 Å². The van der Waals surface area contributed by atoms with Crippen molar-refractivity contribution in [3.63, 3.8) is 0 Å². The first kappa shape index (κ1) is 18.4. The van der Waals surface area contributed by atoms with Crippen molar-refractivity contribution < 1.29 is 0 Å². The summed E-state index contributed by atoms with van der Waals surface area (Å²) < 4.78 is 2.07. The highest BCUT2D eigenvalue weighted by Crippen LogP contribution is 1.96. The second-order valence-corrected chi connectivity index (χ2v) is 5.44. The number of hydrogen-bond donors (Lipinski definition) is 2. The van der Waals surface area contributed by atoms with Gasteiger partial charge >= 0.3 is 0 Å². The van der Waals surface area contributed by atoms with Crippen LogP contribution in [0, 0.1) is 0 Å². The quantitative estimate of drug-likeness (QED) is 0.520. The number of hydrogen-bond acceptors (Lipinski definition) is 4. The van der Waals surface area contributed by atoms with Gasteiger partial charge in [0.25, 0.3) is 0 Å². The zero-order valence-electron chi connectivity index (χ0n) is 14.6. The van der Waals surface area contributed by atoms with Crippen LogP contribution in [0.5, 0.6) is 0 Å². The average molecular weight is 309 g/mol. The number of rotatable bonds is 9. The molecule has 22 heavy (non-hydrogen) atoms. The zero-order valence-corrected chi connectivity index (χ0v) is 14.6. The standard InChI is InChI=1S/C15H31N7/c1-6-14-20-19-12-22(14)11-9-18-15(16-5)17-8-10-21(7-2)13(3)4/h12-13H,6-11H2,1-5H3,(H2,16,17,18). The van der Waals surface area contributed by atoms with Gasteiger partial charge in [-0.3, -0.25) is 9.89 Å². The van der Waals surface area contributed by atoms with Crippen molar-refractivity contribution >= 4 is 5.96 Å². The number of nitrogens with one attached hydrogen (secondary N) is 2. The first-order chi connectivity index (χ1) is 10.6. The molecule has 0 bridgehead atoms. The topological polar surface area (TPSA) is 70.4 Å². The molecule has 0 unspecified atom stereocenters. The molecule has 0 spiro atoms. The Morgan fingerprint density at radius 3 is 2.64 bits per heavy atom. The van der Waals surface area contributed by atoms with E-state index < -0.39 is 0 Å². The van der Waals surface area contributed by atoms with Crippen molar-refractivity contribution in [2.24, 2.45) is 4.99 Å². The molecule has 0 atom stereocenters. The maximum absolute atomic E-state index is 4.25. The molecule has 2 N–H and O–H groups in total. The van der Waals surface area contributed by atoms with Gasteiger partial charge in [0.15, 0.2) is 5.96 Å². The lowest BCUT2D eigenvalue weighted by molar-refractivity contribution is 0.237. The lowest BCUT2D eigenvalue weighted by atomic mass is 10.3. The summed E-state index contributed by atoms with van der Waals surface area (Å²) in [5.41, 5.74) is 0.